The van der Waals surface area contributed by atoms with E-state index < -0.39 is 23.0 Å². The molecule has 0 saturated carbocycles. The van der Waals surface area contributed by atoms with Gasteiger partial charge in [-0.1, -0.05) is 73.7 Å². The van der Waals surface area contributed by atoms with Crippen LogP contribution in [0.2, 0.25) is 0 Å². The summed E-state index contributed by atoms with van der Waals surface area (Å²) in [6.07, 6.45) is 5.54. The highest BCUT2D eigenvalue weighted by molar-refractivity contribution is 6.08. The minimum atomic E-state index is -1.91. The third kappa shape index (κ3) is 6.43. The number of carbonyl (C=O) groups excluding carboxylic acids is 3. The number of benzene rings is 4. The number of carbonyl (C=O) groups is 3. The molecule has 4 aromatic carbocycles. The predicted octanol–water partition coefficient (Wildman–Crippen LogP) is 4.89. The second kappa shape index (κ2) is 15.2. The van der Waals surface area contributed by atoms with Gasteiger partial charge in [-0.25, -0.2) is 0 Å². The van der Waals surface area contributed by atoms with E-state index >= 15 is 0 Å². The van der Waals surface area contributed by atoms with Gasteiger partial charge in [0.25, 0.3) is 11.8 Å². The Bertz CT molecular complexity index is 2130. The molecule has 0 aromatic heterocycles. The fraction of sp³-hybridized carbons (Fsp3) is 0.356. The number of piperidine rings is 1. The Hall–Kier alpha value is -5.49. The standard InChI is InChI=1S/C45H49N5O6/c1-31(9-8-14-41(52)47-28-34-11-7-6-10-33(34)25-37(47)29-51)45(55)39-26-38(56-2)19-20-40(39)48(43(45)54)27-32-15-17-35(18-16-32)49-30-50(36-12-4-3-5-13-36)44(42(49)53)21-23-46-24-22-44/h3-13,15-20,26,31,37,46,51,55H,14,21-25,27-30H2,1-2H3/b9-8+/t31-,37+,45+/m1/s1. The van der Waals surface area contributed by atoms with Crippen molar-refractivity contribution in [1.82, 2.24) is 10.2 Å². The van der Waals surface area contributed by atoms with Crippen LogP contribution in [0.1, 0.15) is 48.4 Å². The van der Waals surface area contributed by atoms with Crippen LogP contribution in [-0.2, 0) is 39.5 Å². The van der Waals surface area contributed by atoms with E-state index in [0.717, 1.165) is 54.0 Å². The summed E-state index contributed by atoms with van der Waals surface area (Å²) >= 11 is 0. The minimum absolute atomic E-state index is 0.0644. The maximum atomic E-state index is 14.4. The van der Waals surface area contributed by atoms with Crippen LogP contribution >= 0.6 is 0 Å². The van der Waals surface area contributed by atoms with E-state index in [1.165, 1.54) is 0 Å². The zero-order valence-corrected chi connectivity index (χ0v) is 31.9. The van der Waals surface area contributed by atoms with Crippen molar-refractivity contribution in [3.63, 3.8) is 0 Å². The SMILES string of the molecule is COc1ccc2c(c1)[C@@](O)([C@H](C)/C=C/CC(=O)N1Cc3ccccc3C[C@H]1CO)C(=O)N2Cc1ccc(N2CN(c3ccccc3)C3(CCNCC3)C2=O)cc1. The summed E-state index contributed by atoms with van der Waals surface area (Å²) in [5.41, 5.74) is 3.36. The summed E-state index contributed by atoms with van der Waals surface area (Å²) in [5, 5.41) is 25.8. The molecule has 11 heteroatoms. The molecule has 1 spiro atoms. The normalized spacial score (nSPS) is 22.2. The van der Waals surface area contributed by atoms with Gasteiger partial charge in [0, 0.05) is 35.8 Å². The molecule has 4 aliphatic heterocycles. The lowest BCUT2D eigenvalue weighted by Crippen LogP contribution is -2.55. The third-order valence-corrected chi connectivity index (χ3v) is 12.3. The Kier molecular flexibility index (Phi) is 10.2. The van der Waals surface area contributed by atoms with Gasteiger partial charge >= 0.3 is 0 Å². The molecule has 3 amide bonds. The molecule has 0 radical (unpaired) electrons. The van der Waals surface area contributed by atoms with E-state index in [-0.39, 0.29) is 37.4 Å². The molecule has 4 aromatic rings. The zero-order chi connectivity index (χ0) is 39.0. The van der Waals surface area contributed by atoms with Gasteiger partial charge in [0.05, 0.1) is 38.7 Å². The van der Waals surface area contributed by atoms with Crippen LogP contribution in [0, 0.1) is 5.92 Å². The molecule has 8 rings (SSSR count). The average molecular weight is 756 g/mol. The van der Waals surface area contributed by atoms with E-state index in [0.29, 0.717) is 36.6 Å². The molecule has 0 bridgehead atoms. The summed E-state index contributed by atoms with van der Waals surface area (Å²) < 4.78 is 5.51. The molecule has 290 valence electrons. The van der Waals surface area contributed by atoms with Crippen molar-refractivity contribution in [2.75, 3.05) is 48.2 Å². The van der Waals surface area contributed by atoms with Gasteiger partial charge in [-0.2, -0.15) is 0 Å². The molecule has 11 nitrogen and oxygen atoms in total. The first-order chi connectivity index (χ1) is 27.2. The number of hydrogen-bond acceptors (Lipinski definition) is 8. The van der Waals surface area contributed by atoms with Crippen molar-refractivity contribution < 1.29 is 29.3 Å². The number of nitrogens with zero attached hydrogens (tertiary/aromatic N) is 4. The van der Waals surface area contributed by atoms with Gasteiger partial charge < -0.3 is 35.0 Å². The minimum Gasteiger partial charge on any atom is -0.497 e. The quantitative estimate of drug-likeness (QED) is 0.196. The Morgan fingerprint density at radius 3 is 2.36 bits per heavy atom. The smallest absolute Gasteiger partial charge is 0.264 e. The van der Waals surface area contributed by atoms with Crippen LogP contribution in [-0.4, -0.2) is 77.9 Å². The summed E-state index contributed by atoms with van der Waals surface area (Å²) in [5.74, 6) is -0.681. The van der Waals surface area contributed by atoms with Crippen LogP contribution in [0.15, 0.2) is 109 Å². The summed E-state index contributed by atoms with van der Waals surface area (Å²) in [4.78, 5) is 49.4. The first-order valence-electron chi connectivity index (χ1n) is 19.5. The highest BCUT2D eigenvalue weighted by atomic mass is 16.5. The topological polar surface area (TPSA) is 126 Å². The zero-order valence-electron chi connectivity index (χ0n) is 31.9. The van der Waals surface area contributed by atoms with Crippen molar-refractivity contribution >= 4 is 34.8 Å². The van der Waals surface area contributed by atoms with Crippen LogP contribution in [0.25, 0.3) is 0 Å². The van der Waals surface area contributed by atoms with E-state index in [1.54, 1.807) is 54.2 Å². The highest BCUT2D eigenvalue weighted by Gasteiger charge is 2.54. The third-order valence-electron chi connectivity index (χ3n) is 12.3. The summed E-state index contributed by atoms with van der Waals surface area (Å²) in [6, 6.07) is 30.8. The van der Waals surface area contributed by atoms with Gasteiger partial charge in [-0.15, -0.1) is 0 Å². The molecule has 4 heterocycles. The number of methoxy groups -OCH3 is 1. The molecule has 3 atom stereocenters. The number of para-hydroxylation sites is 1. The molecular weight excluding hydrogens is 707 g/mol. The Labute approximate surface area is 327 Å². The lowest BCUT2D eigenvalue weighted by Gasteiger charge is -2.39. The molecule has 2 fully saturated rings. The number of ether oxygens (including phenoxy) is 1. The fourth-order valence-electron chi connectivity index (χ4n) is 9.01. The van der Waals surface area contributed by atoms with E-state index in [1.807, 2.05) is 71.6 Å². The van der Waals surface area contributed by atoms with Crippen molar-refractivity contribution in [2.45, 2.75) is 62.9 Å². The first-order valence-corrected chi connectivity index (χ1v) is 19.5. The van der Waals surface area contributed by atoms with Gasteiger partial charge in [0.2, 0.25) is 5.91 Å². The Morgan fingerprint density at radius 2 is 1.64 bits per heavy atom. The molecule has 2 saturated heterocycles. The number of aliphatic hydroxyl groups excluding tert-OH is 1. The van der Waals surface area contributed by atoms with Crippen molar-refractivity contribution in [3.05, 3.63) is 131 Å². The van der Waals surface area contributed by atoms with Crippen molar-refractivity contribution in [2.24, 2.45) is 5.92 Å². The first kappa shape index (κ1) is 37.4. The van der Waals surface area contributed by atoms with Crippen molar-refractivity contribution in [3.8, 4) is 5.75 Å². The lowest BCUT2D eigenvalue weighted by atomic mass is 9.82. The van der Waals surface area contributed by atoms with Crippen LogP contribution < -0.4 is 24.8 Å². The average Bonchev–Trinajstić information content (AvgIpc) is 3.63. The van der Waals surface area contributed by atoms with Gasteiger partial charge in [-0.05, 0) is 91.5 Å². The van der Waals surface area contributed by atoms with E-state index in [9.17, 15) is 24.6 Å². The monoisotopic (exact) mass is 755 g/mol. The second-order valence-electron chi connectivity index (χ2n) is 15.4. The second-order valence-corrected chi connectivity index (χ2v) is 15.4. The summed E-state index contributed by atoms with van der Waals surface area (Å²) in [6.45, 7) is 4.26. The number of fused-ring (bicyclic) bond motifs is 2. The summed E-state index contributed by atoms with van der Waals surface area (Å²) in [7, 11) is 1.54. The van der Waals surface area contributed by atoms with Gasteiger partial charge in [0.1, 0.15) is 11.3 Å². The Balaban J connectivity index is 0.995. The maximum absolute atomic E-state index is 14.4. The number of anilines is 3. The number of rotatable bonds is 10. The number of nitrogens with one attached hydrogen (secondary N) is 1. The van der Waals surface area contributed by atoms with Crippen molar-refractivity contribution in [1.29, 1.82) is 0 Å². The molecule has 4 aliphatic rings. The molecule has 56 heavy (non-hydrogen) atoms. The predicted molar refractivity (Wildman–Crippen MR) is 215 cm³/mol. The number of aliphatic hydroxyl groups is 2. The van der Waals surface area contributed by atoms with Gasteiger partial charge in [-0.3, -0.25) is 19.3 Å². The lowest BCUT2D eigenvalue weighted by molar-refractivity contribution is -0.139. The van der Waals surface area contributed by atoms with E-state index in [2.05, 4.69) is 22.3 Å². The molecular formula is C45H49N5O6. The van der Waals surface area contributed by atoms with Crippen LogP contribution in [0.5, 0.6) is 5.75 Å². The van der Waals surface area contributed by atoms with E-state index in [4.69, 9.17) is 4.74 Å². The largest absolute Gasteiger partial charge is 0.497 e. The number of amides is 3. The molecule has 3 N–H and O–H groups in total. The van der Waals surface area contributed by atoms with Crippen LogP contribution in [0.4, 0.5) is 17.1 Å². The molecule has 0 aliphatic carbocycles. The molecule has 0 unspecified atom stereocenters. The highest BCUT2D eigenvalue weighted by Crippen LogP contribution is 2.47. The van der Waals surface area contributed by atoms with Gasteiger partial charge in [0.15, 0.2) is 5.60 Å². The fourth-order valence-corrected chi connectivity index (χ4v) is 9.01. The number of hydrogen-bond donors (Lipinski definition) is 3. The Morgan fingerprint density at radius 1 is 0.929 bits per heavy atom. The maximum Gasteiger partial charge on any atom is 0.264 e. The van der Waals surface area contributed by atoms with Crippen LogP contribution in [0.3, 0.4) is 0 Å².